The van der Waals surface area contributed by atoms with Crippen molar-refractivity contribution < 1.29 is 4.79 Å². The third-order valence-electron chi connectivity index (χ3n) is 4.92. The number of piperidine rings is 1. The van der Waals surface area contributed by atoms with E-state index in [2.05, 4.69) is 46.7 Å². The smallest absolute Gasteiger partial charge is 0.272 e. The molecule has 1 atom stereocenters. The van der Waals surface area contributed by atoms with E-state index in [0.717, 1.165) is 44.6 Å². The van der Waals surface area contributed by atoms with E-state index in [1.165, 1.54) is 5.56 Å². The van der Waals surface area contributed by atoms with Crippen molar-refractivity contribution in [1.82, 2.24) is 25.3 Å². The van der Waals surface area contributed by atoms with E-state index >= 15 is 0 Å². The molecule has 1 saturated heterocycles. The van der Waals surface area contributed by atoms with Crippen molar-refractivity contribution in [2.75, 3.05) is 26.7 Å². The predicted molar refractivity (Wildman–Crippen MR) is 103 cm³/mol. The molecule has 3 rings (SSSR count). The highest BCUT2D eigenvalue weighted by atomic mass is 16.1. The number of benzene rings is 1. The summed E-state index contributed by atoms with van der Waals surface area (Å²) in [5.41, 5.74) is 2.85. The molecule has 2 N–H and O–H groups in total. The van der Waals surface area contributed by atoms with Crippen LogP contribution in [0, 0.1) is 0 Å². The van der Waals surface area contributed by atoms with Gasteiger partial charge in [0.05, 0.1) is 6.04 Å². The van der Waals surface area contributed by atoms with E-state index < -0.39 is 0 Å². The number of hydrogen-bond acceptors (Lipinski definition) is 4. The van der Waals surface area contributed by atoms with Gasteiger partial charge in [0.15, 0.2) is 0 Å². The lowest BCUT2D eigenvalue weighted by Crippen LogP contribution is -2.32. The summed E-state index contributed by atoms with van der Waals surface area (Å²) < 4.78 is 1.92. The van der Waals surface area contributed by atoms with Gasteiger partial charge in [-0.1, -0.05) is 31.2 Å². The summed E-state index contributed by atoms with van der Waals surface area (Å²) in [6.45, 7) is 6.57. The second-order valence-electron chi connectivity index (χ2n) is 7.01. The average Bonchev–Trinajstić information content (AvgIpc) is 3.17. The number of nitrogens with zero attached hydrogens (tertiary/aromatic N) is 3. The van der Waals surface area contributed by atoms with Gasteiger partial charge in [-0.3, -0.25) is 9.48 Å². The molecule has 1 unspecified atom stereocenters. The average molecular weight is 355 g/mol. The molecule has 0 aliphatic carbocycles. The summed E-state index contributed by atoms with van der Waals surface area (Å²) in [5.74, 6) is -0.122. The number of nitrogens with one attached hydrogen (secondary N) is 2. The highest BCUT2D eigenvalue weighted by molar-refractivity contribution is 5.92. The minimum Gasteiger partial charge on any atom is -0.347 e. The Morgan fingerprint density at radius 2 is 2.23 bits per heavy atom. The summed E-state index contributed by atoms with van der Waals surface area (Å²) in [4.78, 5) is 14.7. The van der Waals surface area contributed by atoms with Gasteiger partial charge in [-0.25, -0.2) is 0 Å². The number of carbonyl (C=O) groups excluding carboxylic acids is 1. The predicted octanol–water partition coefficient (Wildman–Crippen LogP) is 2.19. The molecule has 1 aliphatic rings. The monoisotopic (exact) mass is 355 g/mol. The zero-order valence-electron chi connectivity index (χ0n) is 15.7. The van der Waals surface area contributed by atoms with Crippen LogP contribution in [0.15, 0.2) is 36.5 Å². The summed E-state index contributed by atoms with van der Waals surface area (Å²) in [7, 11) is 2.10. The van der Waals surface area contributed by atoms with Gasteiger partial charge in [0.2, 0.25) is 0 Å². The quantitative estimate of drug-likeness (QED) is 0.799. The van der Waals surface area contributed by atoms with Crippen molar-refractivity contribution in [2.45, 2.75) is 38.9 Å². The standard InChI is InChI=1S/C20H29N5O/c1-3-24(2)15-17-7-4-6-16(12-17)13-22-20(26)19-9-11-25(23-19)18-8-5-10-21-14-18/h4,6-7,9,11-12,18,21H,3,5,8,10,13-15H2,1-2H3,(H,22,26). The fourth-order valence-electron chi connectivity index (χ4n) is 3.26. The molecule has 1 aliphatic heterocycles. The lowest BCUT2D eigenvalue weighted by molar-refractivity contribution is 0.0944. The van der Waals surface area contributed by atoms with Crippen LogP contribution >= 0.6 is 0 Å². The molecule has 26 heavy (non-hydrogen) atoms. The van der Waals surface area contributed by atoms with E-state index in [-0.39, 0.29) is 5.91 Å². The summed E-state index contributed by atoms with van der Waals surface area (Å²) in [6, 6.07) is 10.5. The molecule has 1 aromatic heterocycles. The van der Waals surface area contributed by atoms with Crippen molar-refractivity contribution in [2.24, 2.45) is 0 Å². The summed E-state index contributed by atoms with van der Waals surface area (Å²) >= 11 is 0. The van der Waals surface area contributed by atoms with Gasteiger partial charge >= 0.3 is 0 Å². The Morgan fingerprint density at radius 1 is 1.38 bits per heavy atom. The van der Waals surface area contributed by atoms with Gasteiger partial charge in [-0.2, -0.15) is 5.10 Å². The second kappa shape index (κ2) is 8.96. The highest BCUT2D eigenvalue weighted by Crippen LogP contribution is 2.15. The highest BCUT2D eigenvalue weighted by Gasteiger charge is 2.17. The first-order chi connectivity index (χ1) is 12.7. The van der Waals surface area contributed by atoms with Crippen molar-refractivity contribution in [3.8, 4) is 0 Å². The van der Waals surface area contributed by atoms with Crippen molar-refractivity contribution >= 4 is 5.91 Å². The van der Waals surface area contributed by atoms with E-state index in [1.807, 2.05) is 23.0 Å². The lowest BCUT2D eigenvalue weighted by atomic mass is 10.1. The molecular weight excluding hydrogens is 326 g/mol. The van der Waals surface area contributed by atoms with Crippen LogP contribution in [-0.2, 0) is 13.1 Å². The van der Waals surface area contributed by atoms with Crippen LogP contribution < -0.4 is 10.6 Å². The minimum absolute atomic E-state index is 0.122. The SMILES string of the molecule is CCN(C)Cc1cccc(CNC(=O)c2ccn(C3CCCNC3)n2)c1. The number of hydrogen-bond donors (Lipinski definition) is 2. The molecular formula is C20H29N5O. The molecule has 2 heterocycles. The van der Waals surface area contributed by atoms with Gasteiger partial charge < -0.3 is 15.5 Å². The maximum absolute atomic E-state index is 12.4. The van der Waals surface area contributed by atoms with E-state index in [1.54, 1.807) is 6.07 Å². The number of carbonyl (C=O) groups is 1. The molecule has 0 bridgehead atoms. The number of rotatable bonds is 7. The molecule has 6 nitrogen and oxygen atoms in total. The van der Waals surface area contributed by atoms with Crippen LogP contribution in [0.3, 0.4) is 0 Å². The molecule has 0 spiro atoms. The van der Waals surface area contributed by atoms with Gasteiger partial charge in [-0.15, -0.1) is 0 Å². The molecule has 6 heteroatoms. The van der Waals surface area contributed by atoms with Crippen LogP contribution in [0.25, 0.3) is 0 Å². The minimum atomic E-state index is -0.122. The van der Waals surface area contributed by atoms with Crippen LogP contribution in [-0.4, -0.2) is 47.3 Å². The third-order valence-corrected chi connectivity index (χ3v) is 4.92. The molecule has 1 amide bonds. The second-order valence-corrected chi connectivity index (χ2v) is 7.01. The third kappa shape index (κ3) is 4.93. The maximum atomic E-state index is 12.4. The van der Waals surface area contributed by atoms with Gasteiger partial charge in [0, 0.05) is 25.8 Å². The Hall–Kier alpha value is -2.18. The Bertz CT molecular complexity index is 720. The Kier molecular flexibility index (Phi) is 6.41. The van der Waals surface area contributed by atoms with E-state index in [9.17, 15) is 4.79 Å². The number of amides is 1. The van der Waals surface area contributed by atoms with E-state index in [4.69, 9.17) is 0 Å². The fraction of sp³-hybridized carbons (Fsp3) is 0.500. The van der Waals surface area contributed by atoms with Crippen LogP contribution in [0.5, 0.6) is 0 Å². The van der Waals surface area contributed by atoms with Crippen molar-refractivity contribution in [3.63, 3.8) is 0 Å². The van der Waals surface area contributed by atoms with Crippen LogP contribution in [0.1, 0.15) is 47.4 Å². The van der Waals surface area contributed by atoms with Gasteiger partial charge in [-0.05, 0) is 50.2 Å². The normalized spacial score (nSPS) is 17.4. The fourth-order valence-corrected chi connectivity index (χ4v) is 3.26. The van der Waals surface area contributed by atoms with E-state index in [0.29, 0.717) is 18.3 Å². The molecule has 2 aromatic rings. The van der Waals surface area contributed by atoms with Crippen LogP contribution in [0.2, 0.25) is 0 Å². The van der Waals surface area contributed by atoms with Crippen molar-refractivity contribution in [1.29, 1.82) is 0 Å². The molecule has 0 radical (unpaired) electrons. The molecule has 1 aromatic carbocycles. The lowest BCUT2D eigenvalue weighted by Gasteiger charge is -2.22. The Morgan fingerprint density at radius 3 is 3.00 bits per heavy atom. The Labute approximate surface area is 155 Å². The first-order valence-corrected chi connectivity index (χ1v) is 9.46. The van der Waals surface area contributed by atoms with Crippen molar-refractivity contribution in [3.05, 3.63) is 53.3 Å². The van der Waals surface area contributed by atoms with Gasteiger partial charge in [0.25, 0.3) is 5.91 Å². The zero-order valence-corrected chi connectivity index (χ0v) is 15.7. The topological polar surface area (TPSA) is 62.2 Å². The maximum Gasteiger partial charge on any atom is 0.272 e. The molecule has 0 saturated carbocycles. The number of aromatic nitrogens is 2. The van der Waals surface area contributed by atoms with Crippen LogP contribution in [0.4, 0.5) is 0 Å². The Balaban J connectivity index is 1.55. The first-order valence-electron chi connectivity index (χ1n) is 9.46. The molecule has 140 valence electrons. The summed E-state index contributed by atoms with van der Waals surface area (Å²) in [5, 5.41) is 10.8. The zero-order chi connectivity index (χ0) is 18.4. The summed E-state index contributed by atoms with van der Waals surface area (Å²) in [6.07, 6.45) is 4.16. The molecule has 1 fully saturated rings. The first kappa shape index (κ1) is 18.6. The van der Waals surface area contributed by atoms with Gasteiger partial charge in [0.1, 0.15) is 5.69 Å². The largest absolute Gasteiger partial charge is 0.347 e.